The standard InChI is InChI=1S/C14H12N4O3/c15-6-8-1-3-10(16-7-8)14-17-13(18-21-14)9-2-4-11(19)12(20)5-9/h1-5,7,19-20H,6,15H2. The molecule has 4 N–H and O–H groups in total. The summed E-state index contributed by atoms with van der Waals surface area (Å²) in [7, 11) is 0. The first-order chi connectivity index (χ1) is 10.2. The van der Waals surface area contributed by atoms with Crippen molar-refractivity contribution >= 4 is 0 Å². The van der Waals surface area contributed by atoms with Crippen LogP contribution < -0.4 is 5.73 Å². The molecule has 0 spiro atoms. The van der Waals surface area contributed by atoms with E-state index in [1.165, 1.54) is 12.1 Å². The molecule has 0 aliphatic rings. The van der Waals surface area contributed by atoms with Crippen LogP contribution in [0, 0.1) is 0 Å². The Kier molecular flexibility index (Phi) is 3.25. The molecule has 7 heteroatoms. The molecule has 1 aromatic carbocycles. The molecule has 21 heavy (non-hydrogen) atoms. The molecule has 3 aromatic rings. The number of aromatic nitrogens is 3. The lowest BCUT2D eigenvalue weighted by Gasteiger charge is -1.98. The number of hydrogen-bond acceptors (Lipinski definition) is 7. The number of nitrogens with two attached hydrogens (primary N) is 1. The lowest BCUT2D eigenvalue weighted by atomic mass is 10.2. The Morgan fingerprint density at radius 2 is 1.95 bits per heavy atom. The zero-order chi connectivity index (χ0) is 14.8. The lowest BCUT2D eigenvalue weighted by Crippen LogP contribution is -1.96. The topological polar surface area (TPSA) is 118 Å². The van der Waals surface area contributed by atoms with Gasteiger partial charge in [-0.15, -0.1) is 0 Å². The van der Waals surface area contributed by atoms with Gasteiger partial charge in [0, 0.05) is 18.3 Å². The summed E-state index contributed by atoms with van der Waals surface area (Å²) in [5.41, 5.74) is 7.48. The number of pyridine rings is 1. The molecule has 0 saturated heterocycles. The number of phenolic OH excluding ortho intramolecular Hbond substituents is 2. The number of aromatic hydroxyl groups is 2. The molecule has 0 unspecified atom stereocenters. The molecule has 0 radical (unpaired) electrons. The van der Waals surface area contributed by atoms with Crippen molar-refractivity contribution in [1.82, 2.24) is 15.1 Å². The monoisotopic (exact) mass is 284 g/mol. The molecule has 0 bridgehead atoms. The van der Waals surface area contributed by atoms with Crippen LogP contribution in [-0.4, -0.2) is 25.3 Å². The van der Waals surface area contributed by atoms with Crippen LogP contribution in [0.5, 0.6) is 11.5 Å². The molecule has 7 nitrogen and oxygen atoms in total. The molecule has 0 fully saturated rings. The first kappa shape index (κ1) is 13.1. The van der Waals surface area contributed by atoms with Gasteiger partial charge in [-0.25, -0.2) is 0 Å². The maximum Gasteiger partial charge on any atom is 0.276 e. The number of benzene rings is 1. The third-order valence-corrected chi connectivity index (χ3v) is 2.94. The van der Waals surface area contributed by atoms with Crippen LogP contribution in [0.4, 0.5) is 0 Å². The predicted octanol–water partition coefficient (Wildman–Crippen LogP) is 1.67. The number of phenols is 2. The van der Waals surface area contributed by atoms with Gasteiger partial charge in [0.2, 0.25) is 5.82 Å². The summed E-state index contributed by atoms with van der Waals surface area (Å²) in [5, 5.41) is 22.6. The van der Waals surface area contributed by atoms with E-state index >= 15 is 0 Å². The van der Waals surface area contributed by atoms with Crippen molar-refractivity contribution < 1.29 is 14.7 Å². The summed E-state index contributed by atoms with van der Waals surface area (Å²) in [6, 6.07) is 7.87. The van der Waals surface area contributed by atoms with E-state index in [0.29, 0.717) is 23.6 Å². The second kappa shape index (κ2) is 5.22. The maximum atomic E-state index is 9.48. The second-order valence-corrected chi connectivity index (χ2v) is 4.38. The Morgan fingerprint density at radius 3 is 2.62 bits per heavy atom. The Labute approximate surface area is 119 Å². The van der Waals surface area contributed by atoms with Gasteiger partial charge in [0.05, 0.1) is 0 Å². The van der Waals surface area contributed by atoms with E-state index in [9.17, 15) is 10.2 Å². The van der Waals surface area contributed by atoms with Crippen LogP contribution in [0.1, 0.15) is 5.56 Å². The fraction of sp³-hybridized carbons (Fsp3) is 0.0714. The highest BCUT2D eigenvalue weighted by molar-refractivity contribution is 5.61. The van der Waals surface area contributed by atoms with Crippen molar-refractivity contribution in [2.75, 3.05) is 0 Å². The fourth-order valence-corrected chi connectivity index (χ4v) is 1.78. The van der Waals surface area contributed by atoms with Crippen LogP contribution >= 0.6 is 0 Å². The van der Waals surface area contributed by atoms with Crippen molar-refractivity contribution in [3.63, 3.8) is 0 Å². The minimum Gasteiger partial charge on any atom is -0.504 e. The largest absolute Gasteiger partial charge is 0.504 e. The van der Waals surface area contributed by atoms with Gasteiger partial charge >= 0.3 is 0 Å². The molecule has 106 valence electrons. The molecule has 2 aromatic heterocycles. The van der Waals surface area contributed by atoms with Crippen LogP contribution in [0.3, 0.4) is 0 Å². The molecule has 0 saturated carbocycles. The average Bonchev–Trinajstić information content (AvgIpc) is 3.00. The Morgan fingerprint density at radius 1 is 1.10 bits per heavy atom. The van der Waals surface area contributed by atoms with Gasteiger partial charge in [-0.05, 0) is 29.8 Å². The molecule has 0 atom stereocenters. The summed E-state index contributed by atoms with van der Waals surface area (Å²) >= 11 is 0. The van der Waals surface area contributed by atoms with Gasteiger partial charge in [0.15, 0.2) is 11.5 Å². The number of nitrogens with zero attached hydrogens (tertiary/aromatic N) is 3. The first-order valence-electron chi connectivity index (χ1n) is 6.19. The van der Waals surface area contributed by atoms with Gasteiger partial charge in [0.25, 0.3) is 5.89 Å². The maximum absolute atomic E-state index is 9.48. The Bertz CT molecular complexity index is 768. The SMILES string of the molecule is NCc1ccc(-c2nc(-c3ccc(O)c(O)c3)no2)nc1. The minimum absolute atomic E-state index is 0.207. The Balaban J connectivity index is 1.93. The summed E-state index contributed by atoms with van der Waals surface area (Å²) in [6.07, 6.45) is 1.64. The van der Waals surface area contributed by atoms with Crippen molar-refractivity contribution in [2.45, 2.75) is 6.54 Å². The van der Waals surface area contributed by atoms with E-state index in [0.717, 1.165) is 5.56 Å². The van der Waals surface area contributed by atoms with Crippen LogP contribution in [0.15, 0.2) is 41.1 Å². The normalized spacial score (nSPS) is 10.7. The van der Waals surface area contributed by atoms with Crippen LogP contribution in [0.25, 0.3) is 23.0 Å². The zero-order valence-electron chi connectivity index (χ0n) is 10.9. The van der Waals surface area contributed by atoms with E-state index in [1.54, 1.807) is 18.3 Å². The van der Waals surface area contributed by atoms with Crippen LogP contribution in [-0.2, 0) is 6.54 Å². The molecule has 0 aliphatic heterocycles. The molecule has 0 aliphatic carbocycles. The Hall–Kier alpha value is -2.93. The van der Waals surface area contributed by atoms with Crippen molar-refractivity contribution in [3.8, 4) is 34.5 Å². The molecular weight excluding hydrogens is 272 g/mol. The van der Waals surface area contributed by atoms with Crippen molar-refractivity contribution in [3.05, 3.63) is 42.1 Å². The van der Waals surface area contributed by atoms with Gasteiger partial charge < -0.3 is 20.5 Å². The van der Waals surface area contributed by atoms with Crippen LogP contribution in [0.2, 0.25) is 0 Å². The molecule has 2 heterocycles. The smallest absolute Gasteiger partial charge is 0.276 e. The number of rotatable bonds is 3. The highest BCUT2D eigenvalue weighted by Crippen LogP contribution is 2.29. The summed E-state index contributed by atoms with van der Waals surface area (Å²) < 4.78 is 5.15. The predicted molar refractivity (Wildman–Crippen MR) is 74.2 cm³/mol. The third kappa shape index (κ3) is 2.54. The summed E-state index contributed by atoms with van der Waals surface area (Å²) in [5.74, 6) is 0.108. The fourth-order valence-electron chi connectivity index (χ4n) is 1.78. The quantitative estimate of drug-likeness (QED) is 0.626. The minimum atomic E-state index is -0.246. The highest BCUT2D eigenvalue weighted by Gasteiger charge is 2.13. The van der Waals surface area contributed by atoms with Crippen molar-refractivity contribution in [2.24, 2.45) is 5.73 Å². The average molecular weight is 284 g/mol. The van der Waals surface area contributed by atoms with E-state index in [4.69, 9.17) is 10.3 Å². The highest BCUT2D eigenvalue weighted by atomic mass is 16.5. The van der Waals surface area contributed by atoms with E-state index in [1.807, 2.05) is 6.07 Å². The summed E-state index contributed by atoms with van der Waals surface area (Å²) in [6.45, 7) is 0.412. The van der Waals surface area contributed by atoms with E-state index < -0.39 is 0 Å². The lowest BCUT2D eigenvalue weighted by molar-refractivity contribution is 0.404. The van der Waals surface area contributed by atoms with Gasteiger partial charge in [-0.3, -0.25) is 4.98 Å². The number of hydrogen-bond donors (Lipinski definition) is 3. The van der Waals surface area contributed by atoms with Crippen molar-refractivity contribution in [1.29, 1.82) is 0 Å². The first-order valence-corrected chi connectivity index (χ1v) is 6.19. The van der Waals surface area contributed by atoms with Gasteiger partial charge in [0.1, 0.15) is 5.69 Å². The summed E-state index contributed by atoms with van der Waals surface area (Å²) in [4.78, 5) is 8.41. The second-order valence-electron chi connectivity index (χ2n) is 4.38. The molecular formula is C14H12N4O3. The third-order valence-electron chi connectivity index (χ3n) is 2.94. The van der Waals surface area contributed by atoms with Gasteiger partial charge in [-0.1, -0.05) is 11.2 Å². The zero-order valence-corrected chi connectivity index (χ0v) is 10.9. The molecule has 0 amide bonds. The van der Waals surface area contributed by atoms with E-state index in [2.05, 4.69) is 15.1 Å². The van der Waals surface area contributed by atoms with E-state index in [-0.39, 0.29) is 17.4 Å². The van der Waals surface area contributed by atoms with Gasteiger partial charge in [-0.2, -0.15) is 4.98 Å². The molecule has 3 rings (SSSR count).